The number of hydrogen-bond donors (Lipinski definition) is 3. The number of nitrogens with one attached hydrogen (secondary N) is 1. The van der Waals surface area contributed by atoms with Gasteiger partial charge in [0.15, 0.2) is 0 Å². The van der Waals surface area contributed by atoms with Gasteiger partial charge >= 0.3 is 6.09 Å². The molecule has 2 aliphatic rings. The maximum Gasteiger partial charge on any atom is 0.411 e. The number of ether oxygens (including phenoxy) is 9. The number of nitrogen functional groups attached to an aromatic ring is 1. The van der Waals surface area contributed by atoms with Crippen molar-refractivity contribution < 1.29 is 71.7 Å². The van der Waals surface area contributed by atoms with Crippen LogP contribution in [-0.2, 0) is 42.6 Å². The molecule has 2 aliphatic heterocycles. The van der Waals surface area contributed by atoms with E-state index < -0.39 is 17.9 Å². The first-order valence-corrected chi connectivity index (χ1v) is 23.4. The van der Waals surface area contributed by atoms with Crippen molar-refractivity contribution in [3.63, 3.8) is 0 Å². The van der Waals surface area contributed by atoms with Crippen LogP contribution in [0, 0.1) is 13.1 Å². The fourth-order valence-corrected chi connectivity index (χ4v) is 7.11. The lowest BCUT2D eigenvalue weighted by Gasteiger charge is -2.27. The second-order valence-electron chi connectivity index (χ2n) is 15.5. The highest BCUT2D eigenvalue weighted by Gasteiger charge is 2.34. The van der Waals surface area contributed by atoms with Crippen molar-refractivity contribution in [3.05, 3.63) is 106 Å². The fraction of sp³-hybridized carbons (Fsp3) is 0.471. The van der Waals surface area contributed by atoms with Gasteiger partial charge in [-0.05, 0) is 36.4 Å². The van der Waals surface area contributed by atoms with Gasteiger partial charge in [-0.15, -0.1) is 0 Å². The molecule has 0 radical (unpaired) electrons. The predicted octanol–water partition coefficient (Wildman–Crippen LogP) is 4.99. The molecule has 388 valence electrons. The first kappa shape index (κ1) is 57.9. The number of aliphatic hydroxyl groups is 1. The Balaban J connectivity index is 0.000000287. The molecule has 0 unspecified atom stereocenters. The van der Waals surface area contributed by atoms with E-state index in [1.165, 1.54) is 9.80 Å². The first-order valence-electron chi connectivity index (χ1n) is 23.4. The van der Waals surface area contributed by atoms with Crippen LogP contribution in [0.15, 0.2) is 60.7 Å². The van der Waals surface area contributed by atoms with Crippen LogP contribution in [0.5, 0.6) is 0 Å². The van der Waals surface area contributed by atoms with Crippen LogP contribution >= 0.6 is 0 Å². The van der Waals surface area contributed by atoms with E-state index >= 15 is 0 Å². The molecule has 6 rings (SSSR count). The Kier molecular flexibility index (Phi) is 26.6. The Morgan fingerprint density at radius 2 is 0.944 bits per heavy atom. The van der Waals surface area contributed by atoms with Crippen LogP contribution in [0.2, 0.25) is 0 Å². The minimum Gasteiger partial charge on any atom is -0.449 e. The number of carbonyl (C=O) groups is 5. The molecule has 0 aliphatic carbocycles. The van der Waals surface area contributed by atoms with E-state index in [-0.39, 0.29) is 57.9 Å². The van der Waals surface area contributed by atoms with E-state index in [2.05, 4.69) is 15.0 Å². The number of aliphatic hydroxyl groups excluding tert-OH is 1. The largest absolute Gasteiger partial charge is 0.449 e. The summed E-state index contributed by atoms with van der Waals surface area (Å²) < 4.78 is 47.3. The summed E-state index contributed by atoms with van der Waals surface area (Å²) in [5.41, 5.74) is 8.69. The monoisotopic (exact) mass is 1000 g/mol. The lowest BCUT2D eigenvalue weighted by atomic mass is 9.93. The van der Waals surface area contributed by atoms with Gasteiger partial charge in [0.25, 0.3) is 23.6 Å². The van der Waals surface area contributed by atoms with Gasteiger partial charge in [0.1, 0.15) is 6.61 Å². The highest BCUT2D eigenvalue weighted by Crippen LogP contribution is 2.35. The molecule has 4 N–H and O–H groups in total. The summed E-state index contributed by atoms with van der Waals surface area (Å²) in [4.78, 5) is 72.6. The molecule has 2 heterocycles. The Morgan fingerprint density at radius 1 is 0.542 bits per heavy atom. The second-order valence-corrected chi connectivity index (χ2v) is 15.5. The summed E-state index contributed by atoms with van der Waals surface area (Å²) in [6.07, 6.45) is 0.393. The molecule has 0 fully saturated rings. The van der Waals surface area contributed by atoms with Gasteiger partial charge in [-0.25, -0.2) is 17.9 Å². The number of nitrogens with two attached hydrogens (primary N) is 1. The zero-order chi connectivity index (χ0) is 51.9. The third-order valence-corrected chi connectivity index (χ3v) is 10.6. The highest BCUT2D eigenvalue weighted by molar-refractivity contribution is 6.28. The molecular formula is C51H64N6O15. The number of methoxy groups -OCH3 is 2. The van der Waals surface area contributed by atoms with Crippen molar-refractivity contribution in [2.75, 3.05) is 157 Å². The van der Waals surface area contributed by atoms with E-state index in [4.69, 9.17) is 66.6 Å². The molecule has 0 bridgehead atoms. The van der Waals surface area contributed by atoms with E-state index in [0.717, 1.165) is 5.39 Å². The minimum absolute atomic E-state index is 0.102. The van der Waals surface area contributed by atoms with Crippen molar-refractivity contribution in [2.45, 2.75) is 12.8 Å². The average Bonchev–Trinajstić information content (AvgIpc) is 3.39. The molecule has 0 atom stereocenters. The number of hydrogen-bond acceptors (Lipinski definition) is 16. The summed E-state index contributed by atoms with van der Waals surface area (Å²) in [5, 5.41) is 13.1. The summed E-state index contributed by atoms with van der Waals surface area (Å²) in [5.74, 6) is -1.50. The van der Waals surface area contributed by atoms with Gasteiger partial charge in [0.2, 0.25) is 13.1 Å². The van der Waals surface area contributed by atoms with Crippen molar-refractivity contribution >= 4 is 62.6 Å². The Labute approximate surface area is 418 Å². The molecule has 72 heavy (non-hydrogen) atoms. The molecule has 0 spiro atoms. The third-order valence-electron chi connectivity index (χ3n) is 10.6. The number of nitrogens with zero attached hydrogens (tertiary/aromatic N) is 4. The van der Waals surface area contributed by atoms with Crippen LogP contribution in [-0.4, -0.2) is 191 Å². The lowest BCUT2D eigenvalue weighted by Crippen LogP contribution is -2.42. The third kappa shape index (κ3) is 17.6. The molecule has 0 saturated heterocycles. The molecule has 21 heteroatoms. The number of benzene rings is 4. The Morgan fingerprint density at radius 3 is 1.39 bits per heavy atom. The quantitative estimate of drug-likeness (QED) is 0.0270. The lowest BCUT2D eigenvalue weighted by molar-refractivity contribution is 0.00145. The molecule has 4 aromatic rings. The molecule has 4 aromatic carbocycles. The van der Waals surface area contributed by atoms with Crippen LogP contribution in [0.3, 0.4) is 0 Å². The van der Waals surface area contributed by atoms with Gasteiger partial charge < -0.3 is 63.2 Å². The van der Waals surface area contributed by atoms with Crippen molar-refractivity contribution in [2.24, 2.45) is 0 Å². The number of imide groups is 2. The molecule has 21 nitrogen and oxygen atoms in total. The first-order chi connectivity index (χ1) is 35.1. The van der Waals surface area contributed by atoms with Crippen LogP contribution in [0.25, 0.3) is 31.2 Å². The average molecular weight is 1000 g/mol. The fourth-order valence-electron chi connectivity index (χ4n) is 7.11. The predicted molar refractivity (Wildman–Crippen MR) is 266 cm³/mol. The van der Waals surface area contributed by atoms with Gasteiger partial charge in [-0.2, -0.15) is 0 Å². The smallest absolute Gasteiger partial charge is 0.411 e. The second kappa shape index (κ2) is 33.1. The van der Waals surface area contributed by atoms with E-state index in [9.17, 15) is 24.0 Å². The molecule has 0 saturated carbocycles. The van der Waals surface area contributed by atoms with Crippen molar-refractivity contribution in [1.29, 1.82) is 0 Å². The minimum atomic E-state index is -0.666. The standard InChI is InChI=1S/C26H31N3O8.C21H26N2O6.C4H7NO/c1-27-9-4-11-37-26(32)28-22-8-7-21-23-19(22)5-3-6-20(23)24(30)29(25(21)31)10-12-34-15-16-36-18-17-35-14-13-33-2;1-26-9-10-28-13-14-29-12-11-27-8-7-23-20(24)16-4-2-3-15-18(22)6-5-17(19(15)16)21(23)25;1-5-3-2-4-6/h3,5-8H,4,9-18H2,2H3,(H,28,32);2-6H,7-14,22H2,1H3;6H,2-4H2. The van der Waals surface area contributed by atoms with Gasteiger partial charge in [0.05, 0.1) is 124 Å². The maximum absolute atomic E-state index is 13.1. The zero-order valence-electron chi connectivity index (χ0n) is 40.9. The van der Waals surface area contributed by atoms with Gasteiger partial charge in [-0.1, -0.05) is 24.3 Å². The maximum atomic E-state index is 13.1. The summed E-state index contributed by atoms with van der Waals surface area (Å²) >= 11 is 0. The normalized spacial score (nSPS) is 12.5. The number of anilines is 2. The highest BCUT2D eigenvalue weighted by atomic mass is 16.6. The van der Waals surface area contributed by atoms with E-state index in [0.29, 0.717) is 148 Å². The topological polar surface area (TPSA) is 242 Å². The summed E-state index contributed by atoms with van der Waals surface area (Å²) in [7, 11) is 3.23. The number of rotatable bonds is 30. The number of carbonyl (C=O) groups excluding carboxylic acids is 5. The SMILES string of the molecule is COCCOCCOCCOCCN1C(=O)c2cccc3c(N)ccc(c23)C1=O.[C-]#[N+]CCCO.[C-]#[N+]CCCOC(=O)Nc1ccc2c3c(cccc13)C(=O)N(CCOCCOCCOCCOC)C2=O. The van der Waals surface area contributed by atoms with Gasteiger partial charge in [0, 0.05) is 70.1 Å². The van der Waals surface area contributed by atoms with E-state index in [1.54, 1.807) is 68.8 Å². The van der Waals surface area contributed by atoms with E-state index in [1.807, 2.05) is 6.07 Å². The van der Waals surface area contributed by atoms with Crippen molar-refractivity contribution in [3.8, 4) is 0 Å². The zero-order valence-corrected chi connectivity index (χ0v) is 40.9. The summed E-state index contributed by atoms with van der Waals surface area (Å²) in [6, 6.07) is 17.0. The van der Waals surface area contributed by atoms with Gasteiger partial charge in [-0.3, -0.25) is 34.3 Å². The Bertz CT molecular complexity index is 2430. The van der Waals surface area contributed by atoms with Crippen LogP contribution < -0.4 is 11.1 Å². The molecule has 5 amide bonds. The molecule has 0 aromatic heterocycles. The summed E-state index contributed by atoms with van der Waals surface area (Å²) in [6.45, 7) is 20.2. The van der Waals surface area contributed by atoms with Crippen LogP contribution in [0.1, 0.15) is 54.3 Å². The Hall–Kier alpha value is -6.63. The van der Waals surface area contributed by atoms with Crippen LogP contribution in [0.4, 0.5) is 16.2 Å². The van der Waals surface area contributed by atoms with Crippen molar-refractivity contribution in [1.82, 2.24) is 9.80 Å². The number of amides is 5. The molecular weight excluding hydrogens is 937 g/mol.